The zero-order chi connectivity index (χ0) is 17.5. The number of nitrogen functional groups attached to an aromatic ring is 1. The Kier molecular flexibility index (Phi) is 5.89. The molecule has 3 N–H and O–H groups in total. The molecule has 0 fully saturated rings. The van der Waals surface area contributed by atoms with E-state index in [1.54, 1.807) is 44.6 Å². The maximum absolute atomic E-state index is 12.3. The molecule has 6 nitrogen and oxygen atoms in total. The molecule has 0 spiro atoms. The highest BCUT2D eigenvalue weighted by atomic mass is 16.5. The van der Waals surface area contributed by atoms with Gasteiger partial charge in [0.15, 0.2) is 0 Å². The number of hydrogen-bond acceptors (Lipinski definition) is 6. The number of benzene rings is 2. The molecular formula is C18H22N2O4. The third-order valence-corrected chi connectivity index (χ3v) is 3.38. The van der Waals surface area contributed by atoms with E-state index in [1.807, 2.05) is 13.0 Å². The van der Waals surface area contributed by atoms with Crippen molar-refractivity contribution in [3.05, 3.63) is 42.0 Å². The van der Waals surface area contributed by atoms with E-state index in [4.69, 9.17) is 19.9 Å². The molecular weight excluding hydrogens is 308 g/mol. The first kappa shape index (κ1) is 17.5. The van der Waals surface area contributed by atoms with Crippen molar-refractivity contribution in [2.75, 3.05) is 31.9 Å². The summed E-state index contributed by atoms with van der Waals surface area (Å²) in [6, 6.07) is 10.4. The van der Waals surface area contributed by atoms with Gasteiger partial charge in [-0.05, 0) is 36.8 Å². The van der Waals surface area contributed by atoms with Crippen LogP contribution in [-0.2, 0) is 4.74 Å². The van der Waals surface area contributed by atoms with Crippen molar-refractivity contribution in [2.45, 2.75) is 13.3 Å². The van der Waals surface area contributed by atoms with Gasteiger partial charge in [-0.25, -0.2) is 4.79 Å². The maximum Gasteiger partial charge on any atom is 0.340 e. The number of rotatable bonds is 7. The zero-order valence-corrected chi connectivity index (χ0v) is 14.1. The summed E-state index contributed by atoms with van der Waals surface area (Å²) in [5, 5.41) is 3.19. The molecule has 0 amide bonds. The average Bonchev–Trinajstić information content (AvgIpc) is 2.61. The highest BCUT2D eigenvalue weighted by molar-refractivity contribution is 5.97. The van der Waals surface area contributed by atoms with Gasteiger partial charge in [-0.3, -0.25) is 0 Å². The molecule has 0 saturated heterocycles. The van der Waals surface area contributed by atoms with Gasteiger partial charge >= 0.3 is 5.97 Å². The van der Waals surface area contributed by atoms with Gasteiger partial charge in [0, 0.05) is 11.8 Å². The third kappa shape index (κ3) is 4.10. The van der Waals surface area contributed by atoms with Gasteiger partial charge in [-0.2, -0.15) is 0 Å². The van der Waals surface area contributed by atoms with Gasteiger partial charge in [-0.15, -0.1) is 0 Å². The van der Waals surface area contributed by atoms with Crippen LogP contribution in [0.25, 0.3) is 0 Å². The summed E-state index contributed by atoms with van der Waals surface area (Å²) in [5.41, 5.74) is 7.97. The van der Waals surface area contributed by atoms with E-state index in [1.165, 1.54) is 0 Å². The van der Waals surface area contributed by atoms with Crippen molar-refractivity contribution >= 4 is 23.0 Å². The average molecular weight is 330 g/mol. The lowest BCUT2D eigenvalue weighted by molar-refractivity contribution is 0.0506. The molecule has 6 heteroatoms. The Labute approximate surface area is 141 Å². The molecule has 2 rings (SSSR count). The Hall–Kier alpha value is -2.89. The molecule has 0 aliphatic carbocycles. The van der Waals surface area contributed by atoms with Gasteiger partial charge in [0.25, 0.3) is 0 Å². The minimum atomic E-state index is -0.417. The number of hydrogen-bond donors (Lipinski definition) is 2. The monoisotopic (exact) mass is 330 g/mol. The van der Waals surface area contributed by atoms with Crippen molar-refractivity contribution in [3.8, 4) is 11.5 Å². The number of anilines is 3. The predicted octanol–water partition coefficient (Wildman–Crippen LogP) is 3.60. The van der Waals surface area contributed by atoms with Gasteiger partial charge in [0.1, 0.15) is 11.5 Å². The van der Waals surface area contributed by atoms with Crippen molar-refractivity contribution in [1.29, 1.82) is 0 Å². The minimum Gasteiger partial charge on any atom is -0.497 e. The Bertz CT molecular complexity index is 716. The van der Waals surface area contributed by atoms with Gasteiger partial charge < -0.3 is 25.3 Å². The second kappa shape index (κ2) is 8.10. The number of esters is 1. The minimum absolute atomic E-state index is 0.360. The molecule has 2 aromatic carbocycles. The topological polar surface area (TPSA) is 82.8 Å². The van der Waals surface area contributed by atoms with Gasteiger partial charge in [0.05, 0.1) is 37.8 Å². The van der Waals surface area contributed by atoms with E-state index in [2.05, 4.69) is 5.32 Å². The van der Waals surface area contributed by atoms with Crippen LogP contribution in [0.4, 0.5) is 17.1 Å². The van der Waals surface area contributed by atoms with Crippen LogP contribution in [0.5, 0.6) is 11.5 Å². The first-order chi connectivity index (χ1) is 11.6. The largest absolute Gasteiger partial charge is 0.497 e. The molecule has 0 saturated carbocycles. The molecule has 24 heavy (non-hydrogen) atoms. The van der Waals surface area contributed by atoms with Crippen LogP contribution in [0.3, 0.4) is 0 Å². The van der Waals surface area contributed by atoms with Crippen LogP contribution >= 0.6 is 0 Å². The van der Waals surface area contributed by atoms with E-state index in [-0.39, 0.29) is 0 Å². The van der Waals surface area contributed by atoms with Gasteiger partial charge in [-0.1, -0.05) is 6.92 Å². The molecule has 2 aromatic rings. The van der Waals surface area contributed by atoms with E-state index in [0.717, 1.165) is 6.42 Å². The lowest BCUT2D eigenvalue weighted by atomic mass is 10.1. The Morgan fingerprint density at radius 1 is 1.08 bits per heavy atom. The Morgan fingerprint density at radius 3 is 2.50 bits per heavy atom. The molecule has 128 valence electrons. The summed E-state index contributed by atoms with van der Waals surface area (Å²) in [4.78, 5) is 12.3. The summed E-state index contributed by atoms with van der Waals surface area (Å²) in [6.07, 6.45) is 0.753. The van der Waals surface area contributed by atoms with E-state index in [0.29, 0.717) is 40.7 Å². The number of nitrogens with two attached hydrogens (primary N) is 1. The summed E-state index contributed by atoms with van der Waals surface area (Å²) < 4.78 is 15.8. The van der Waals surface area contributed by atoms with E-state index >= 15 is 0 Å². The van der Waals surface area contributed by atoms with Crippen molar-refractivity contribution in [2.24, 2.45) is 0 Å². The number of carbonyl (C=O) groups excluding carboxylic acids is 1. The summed E-state index contributed by atoms with van der Waals surface area (Å²) >= 11 is 0. The summed E-state index contributed by atoms with van der Waals surface area (Å²) in [5.74, 6) is 0.857. The van der Waals surface area contributed by atoms with Crippen LogP contribution in [0.15, 0.2) is 36.4 Å². The highest BCUT2D eigenvalue weighted by Gasteiger charge is 2.15. The number of methoxy groups -OCH3 is 2. The van der Waals surface area contributed by atoms with E-state index < -0.39 is 5.97 Å². The SMILES string of the molecule is CCCOC(=O)c1cc(N)ccc1Nc1ccc(OC)cc1OC. The smallest absolute Gasteiger partial charge is 0.340 e. The Morgan fingerprint density at radius 2 is 1.83 bits per heavy atom. The molecule has 0 radical (unpaired) electrons. The maximum atomic E-state index is 12.3. The fraction of sp³-hybridized carbons (Fsp3) is 0.278. The summed E-state index contributed by atoms with van der Waals surface area (Å²) in [6.45, 7) is 2.30. The molecule has 0 atom stereocenters. The van der Waals surface area contributed by atoms with Crippen LogP contribution in [-0.4, -0.2) is 26.8 Å². The zero-order valence-electron chi connectivity index (χ0n) is 14.1. The van der Waals surface area contributed by atoms with Crippen LogP contribution in [0.1, 0.15) is 23.7 Å². The first-order valence-corrected chi connectivity index (χ1v) is 7.64. The third-order valence-electron chi connectivity index (χ3n) is 3.38. The second-order valence-corrected chi connectivity index (χ2v) is 5.13. The highest BCUT2D eigenvalue weighted by Crippen LogP contribution is 2.33. The number of ether oxygens (including phenoxy) is 3. The van der Waals surface area contributed by atoms with Crippen LogP contribution < -0.4 is 20.5 Å². The van der Waals surface area contributed by atoms with Crippen molar-refractivity contribution in [1.82, 2.24) is 0 Å². The van der Waals surface area contributed by atoms with Crippen LogP contribution in [0.2, 0.25) is 0 Å². The predicted molar refractivity (Wildman–Crippen MR) is 94.3 cm³/mol. The quantitative estimate of drug-likeness (QED) is 0.596. The Balaban J connectivity index is 2.34. The lowest BCUT2D eigenvalue weighted by Gasteiger charge is -2.15. The molecule has 0 aliphatic rings. The fourth-order valence-electron chi connectivity index (χ4n) is 2.16. The molecule has 0 heterocycles. The fourth-order valence-corrected chi connectivity index (χ4v) is 2.16. The van der Waals surface area contributed by atoms with Crippen molar-refractivity contribution in [3.63, 3.8) is 0 Å². The molecule has 0 unspecified atom stereocenters. The van der Waals surface area contributed by atoms with Crippen LogP contribution in [0, 0.1) is 0 Å². The lowest BCUT2D eigenvalue weighted by Crippen LogP contribution is -2.10. The molecule has 0 bridgehead atoms. The first-order valence-electron chi connectivity index (χ1n) is 7.64. The number of carbonyl (C=O) groups is 1. The standard InChI is InChI=1S/C18H22N2O4/c1-4-9-24-18(21)14-10-12(19)5-7-15(14)20-16-8-6-13(22-2)11-17(16)23-3/h5-8,10-11,20H,4,9,19H2,1-3H3. The number of nitrogens with one attached hydrogen (secondary N) is 1. The molecule has 0 aromatic heterocycles. The van der Waals surface area contributed by atoms with Crippen molar-refractivity contribution < 1.29 is 19.0 Å². The van der Waals surface area contributed by atoms with E-state index in [9.17, 15) is 4.79 Å². The van der Waals surface area contributed by atoms with Gasteiger partial charge in [0.2, 0.25) is 0 Å². The second-order valence-electron chi connectivity index (χ2n) is 5.13. The molecule has 0 aliphatic heterocycles. The summed E-state index contributed by atoms with van der Waals surface area (Å²) in [7, 11) is 3.16. The normalized spacial score (nSPS) is 10.1.